The van der Waals surface area contributed by atoms with E-state index in [0.29, 0.717) is 0 Å². The van der Waals surface area contributed by atoms with Gasteiger partial charge in [0.25, 0.3) is 0 Å². The van der Waals surface area contributed by atoms with Gasteiger partial charge in [-0.25, -0.2) is 11.0 Å². The summed E-state index contributed by atoms with van der Waals surface area (Å²) in [5, 5.41) is 11.1. The van der Waals surface area contributed by atoms with E-state index in [1.165, 1.54) is 33.4 Å². The summed E-state index contributed by atoms with van der Waals surface area (Å²) in [6.45, 7) is 2.97. The molecule has 5 heteroatoms. The number of nitrogens with one attached hydrogen (secondary N) is 1. The van der Waals surface area contributed by atoms with E-state index in [-0.39, 0.29) is 6.04 Å². The van der Waals surface area contributed by atoms with Crippen molar-refractivity contribution in [3.8, 4) is 0 Å². The molecule has 21 heavy (non-hydrogen) atoms. The molecule has 2 aromatic rings. The highest BCUT2D eigenvalue weighted by atomic mass is 15.6. The van der Waals surface area contributed by atoms with Crippen LogP contribution in [0.4, 0.5) is 0 Å². The Morgan fingerprint density at radius 2 is 1.95 bits per heavy atom. The zero-order valence-corrected chi connectivity index (χ0v) is 12.6. The topological polar surface area (TPSA) is 79.7 Å². The van der Waals surface area contributed by atoms with Gasteiger partial charge in [-0.15, -0.1) is 0 Å². The lowest BCUT2D eigenvalue weighted by Crippen LogP contribution is -2.33. The molecule has 0 amide bonds. The summed E-state index contributed by atoms with van der Waals surface area (Å²) in [5.74, 6) is 6.06. The van der Waals surface area contributed by atoms with Gasteiger partial charge in [0.05, 0.1) is 6.04 Å². The second-order valence-electron chi connectivity index (χ2n) is 5.07. The van der Waals surface area contributed by atoms with Gasteiger partial charge in [-0.2, -0.15) is 5.10 Å². The van der Waals surface area contributed by atoms with Crippen molar-refractivity contribution in [3.63, 3.8) is 0 Å². The lowest BCUT2D eigenvalue weighted by atomic mass is 9.94. The van der Waals surface area contributed by atoms with Crippen LogP contribution in [0, 0.1) is 6.92 Å². The number of nitrogens with two attached hydrogens (primary N) is 2. The number of hydrazone groups is 1. The third-order valence-corrected chi connectivity index (χ3v) is 3.72. The van der Waals surface area contributed by atoms with Crippen LogP contribution in [0.25, 0.3) is 10.8 Å². The van der Waals surface area contributed by atoms with Crippen LogP contribution in [0.3, 0.4) is 0 Å². The van der Waals surface area contributed by atoms with Crippen LogP contribution in [-0.2, 0) is 0 Å². The Morgan fingerprint density at radius 3 is 2.62 bits per heavy atom. The minimum atomic E-state index is -0.0252. The van der Waals surface area contributed by atoms with Crippen molar-refractivity contribution < 1.29 is 0 Å². The molecule has 0 aliphatic rings. The molecule has 0 aliphatic carbocycles. The Hall–Kier alpha value is -2.11. The zero-order chi connectivity index (χ0) is 15.2. The van der Waals surface area contributed by atoms with Gasteiger partial charge in [0.15, 0.2) is 0 Å². The van der Waals surface area contributed by atoms with Crippen LogP contribution in [0.1, 0.15) is 23.6 Å². The summed E-state index contributed by atoms with van der Waals surface area (Å²) in [6, 6.07) is 12.6. The largest absolute Gasteiger partial charge is 0.388 e. The van der Waals surface area contributed by atoms with E-state index >= 15 is 0 Å². The van der Waals surface area contributed by atoms with E-state index in [1.54, 1.807) is 0 Å². The predicted octanol–water partition coefficient (Wildman–Crippen LogP) is 1.88. The van der Waals surface area contributed by atoms with E-state index in [0.717, 1.165) is 13.0 Å². The number of rotatable bonds is 6. The van der Waals surface area contributed by atoms with Crippen LogP contribution in [0.15, 0.2) is 41.5 Å². The first-order chi connectivity index (χ1) is 10.2. The highest BCUT2D eigenvalue weighted by molar-refractivity contribution is 5.88. The van der Waals surface area contributed by atoms with Crippen molar-refractivity contribution in [3.05, 3.63) is 47.5 Å². The maximum absolute atomic E-state index is 6.06. The van der Waals surface area contributed by atoms with Crippen molar-refractivity contribution in [2.75, 3.05) is 13.6 Å². The molecule has 1 atom stereocenters. The Balaban J connectivity index is 2.51. The van der Waals surface area contributed by atoms with E-state index in [4.69, 9.17) is 11.6 Å². The van der Waals surface area contributed by atoms with Gasteiger partial charge < -0.3 is 11.1 Å². The van der Waals surface area contributed by atoms with Crippen molar-refractivity contribution in [1.82, 2.24) is 10.4 Å². The minimum absolute atomic E-state index is 0.0252. The molecule has 0 saturated carbocycles. The Morgan fingerprint density at radius 1 is 1.24 bits per heavy atom. The van der Waals surface area contributed by atoms with Crippen molar-refractivity contribution >= 4 is 17.1 Å². The second-order valence-corrected chi connectivity index (χ2v) is 5.07. The predicted molar refractivity (Wildman–Crippen MR) is 88.7 cm³/mol. The third-order valence-electron chi connectivity index (χ3n) is 3.72. The molecule has 0 bridgehead atoms. The monoisotopic (exact) mass is 285 g/mol. The highest BCUT2D eigenvalue weighted by Gasteiger charge is 2.19. The molecule has 2 rings (SSSR count). The number of nitrogens with zero attached hydrogens (tertiary/aromatic N) is 2. The van der Waals surface area contributed by atoms with Gasteiger partial charge in [0.1, 0.15) is 6.34 Å². The lowest BCUT2D eigenvalue weighted by Gasteiger charge is -2.26. The maximum atomic E-state index is 6.06. The fraction of sp³-hybridized carbons (Fsp3) is 0.312. The summed E-state index contributed by atoms with van der Waals surface area (Å²) < 4.78 is 0. The molecule has 0 aromatic heterocycles. The first-order valence-corrected chi connectivity index (χ1v) is 7.10. The Kier molecular flexibility index (Phi) is 5.14. The molecule has 2 aromatic carbocycles. The Bertz CT molecular complexity index is 623. The molecule has 0 saturated heterocycles. The van der Waals surface area contributed by atoms with Crippen LogP contribution >= 0.6 is 0 Å². The SMILES string of the molecule is CNCCC(c1ccc(C)c2ccccc12)N(N)/N=C\N. The fourth-order valence-corrected chi connectivity index (χ4v) is 2.63. The van der Waals surface area contributed by atoms with E-state index in [1.807, 2.05) is 13.1 Å². The van der Waals surface area contributed by atoms with Gasteiger partial charge in [0.2, 0.25) is 0 Å². The molecular formula is C16H23N5. The van der Waals surface area contributed by atoms with Crippen molar-refractivity contribution in [2.24, 2.45) is 16.7 Å². The molecule has 0 radical (unpaired) electrons. The Labute approximate surface area is 125 Å². The molecule has 0 spiro atoms. The van der Waals surface area contributed by atoms with Crippen molar-refractivity contribution in [1.29, 1.82) is 0 Å². The number of hydrogen-bond donors (Lipinski definition) is 3. The molecule has 5 nitrogen and oxygen atoms in total. The first-order valence-electron chi connectivity index (χ1n) is 7.10. The molecule has 0 heterocycles. The van der Waals surface area contributed by atoms with Gasteiger partial charge in [-0.3, -0.25) is 0 Å². The standard InChI is InChI=1S/C16H23N5/c1-12-7-8-15(14-6-4-3-5-13(12)14)16(9-10-19-2)21(18)20-11-17/h3-8,11,16,19H,9-10,18H2,1-2H3,(H2,17,20). The van der Waals surface area contributed by atoms with Gasteiger partial charge in [-0.1, -0.05) is 36.4 Å². The van der Waals surface area contributed by atoms with Gasteiger partial charge in [0, 0.05) is 0 Å². The van der Waals surface area contributed by atoms with Crippen LogP contribution in [0.2, 0.25) is 0 Å². The number of benzene rings is 2. The second kappa shape index (κ2) is 7.06. The minimum Gasteiger partial charge on any atom is -0.388 e. The summed E-state index contributed by atoms with van der Waals surface area (Å²) in [4.78, 5) is 0. The fourth-order valence-electron chi connectivity index (χ4n) is 2.63. The molecule has 0 aliphatic heterocycles. The maximum Gasteiger partial charge on any atom is 0.107 e. The summed E-state index contributed by atoms with van der Waals surface area (Å²) >= 11 is 0. The quantitative estimate of drug-likeness (QED) is 0.328. The molecular weight excluding hydrogens is 262 g/mol. The highest BCUT2D eigenvalue weighted by Crippen LogP contribution is 2.31. The average Bonchev–Trinajstić information content (AvgIpc) is 2.50. The summed E-state index contributed by atoms with van der Waals surface area (Å²) in [7, 11) is 1.93. The van der Waals surface area contributed by atoms with E-state index in [9.17, 15) is 0 Å². The molecule has 5 N–H and O–H groups in total. The normalized spacial score (nSPS) is 12.9. The smallest absolute Gasteiger partial charge is 0.107 e. The number of fused-ring (bicyclic) bond motifs is 1. The average molecular weight is 285 g/mol. The molecule has 1 unspecified atom stereocenters. The molecule has 112 valence electrons. The van der Waals surface area contributed by atoms with E-state index < -0.39 is 0 Å². The van der Waals surface area contributed by atoms with Gasteiger partial charge in [-0.05, 0) is 48.8 Å². The van der Waals surface area contributed by atoms with E-state index in [2.05, 4.69) is 47.7 Å². The first kappa shape index (κ1) is 15.3. The summed E-state index contributed by atoms with van der Waals surface area (Å²) in [6.07, 6.45) is 2.07. The molecule has 0 fully saturated rings. The number of aryl methyl sites for hydroxylation is 1. The van der Waals surface area contributed by atoms with Gasteiger partial charge >= 0.3 is 0 Å². The number of hydrogen-bond acceptors (Lipinski definition) is 4. The van der Waals surface area contributed by atoms with Crippen LogP contribution < -0.4 is 16.9 Å². The lowest BCUT2D eigenvalue weighted by molar-refractivity contribution is 0.203. The number of hydrazine groups is 1. The third kappa shape index (κ3) is 3.32. The van der Waals surface area contributed by atoms with Crippen LogP contribution in [-0.4, -0.2) is 25.0 Å². The van der Waals surface area contributed by atoms with Crippen LogP contribution in [0.5, 0.6) is 0 Å². The van der Waals surface area contributed by atoms with Crippen molar-refractivity contribution in [2.45, 2.75) is 19.4 Å². The summed E-state index contributed by atoms with van der Waals surface area (Å²) in [5.41, 5.74) is 7.81. The zero-order valence-electron chi connectivity index (χ0n) is 12.6.